The molecule has 0 radical (unpaired) electrons. The van der Waals surface area contributed by atoms with Crippen LogP contribution in [-0.4, -0.2) is 120 Å². The minimum Gasteiger partial charge on any atom is -0.460 e. The molecule has 328 valence electrons. The number of allylic oxidation sites excluding steroid dienone is 1. The maximum Gasteiger partial charge on any atom is 0.334 e. The Morgan fingerprint density at radius 2 is 1.51 bits per heavy atom. The summed E-state index contributed by atoms with van der Waals surface area (Å²) >= 11 is 0. The Morgan fingerprint density at radius 3 is 2.08 bits per heavy atom. The van der Waals surface area contributed by atoms with Crippen molar-refractivity contribution in [3.8, 4) is 0 Å². The molecule has 9 atom stereocenters. The summed E-state index contributed by atoms with van der Waals surface area (Å²) in [5.74, 6) is -5.92. The van der Waals surface area contributed by atoms with Gasteiger partial charge in [-0.05, 0) is 64.0 Å². The van der Waals surface area contributed by atoms with Crippen LogP contribution in [-0.2, 0) is 49.5 Å². The molecule has 1 aromatic carbocycles. The van der Waals surface area contributed by atoms with Crippen LogP contribution in [0.3, 0.4) is 0 Å². The Morgan fingerprint density at radius 1 is 0.898 bits per heavy atom. The smallest absolute Gasteiger partial charge is 0.334 e. The van der Waals surface area contributed by atoms with Crippen LogP contribution >= 0.6 is 0 Å². The normalized spacial score (nSPS) is 27.0. The number of benzene rings is 1. The summed E-state index contributed by atoms with van der Waals surface area (Å²) in [5, 5.41) is 19.1. The largest absolute Gasteiger partial charge is 0.460 e. The van der Waals surface area contributed by atoms with Crippen LogP contribution in [0.1, 0.15) is 94.1 Å². The molecule has 1 aliphatic heterocycles. The number of carbonyl (C=O) groups is 7. The summed E-state index contributed by atoms with van der Waals surface area (Å²) < 4.78 is 11.6. The van der Waals surface area contributed by atoms with Crippen LogP contribution in [0.15, 0.2) is 53.6 Å². The standard InChI is InChI=1S/C44H67N5O10/c1-13-26(5)37-40(53)46-31(10)44(57)58-34(29(8)38(51)27(6)14-2)21-20-28(7)43(56)59-35(22-25(3)4)39(52)45-30(9)41(54)49(12)33(23-32-18-16-15-17-19-32)42(55)48(11)24-36(50)47-37/h14-20,25-26,29-31,33-35,37-38,51H,13,21-24H2,1-12H3,(H,45,52)(H,46,53)(H,47,50)/b27-14+,28-20+/t26-,29-,30-,31+,33+,34-,35+,37-,38+/m0/s1. The van der Waals surface area contributed by atoms with Gasteiger partial charge in [0.25, 0.3) is 5.91 Å². The molecular formula is C44H67N5O10. The molecule has 0 spiro atoms. The van der Waals surface area contributed by atoms with E-state index in [2.05, 4.69) is 16.0 Å². The van der Waals surface area contributed by atoms with Gasteiger partial charge in [-0.3, -0.25) is 24.0 Å². The highest BCUT2D eigenvalue weighted by molar-refractivity contribution is 5.96. The topological polar surface area (TPSA) is 201 Å². The van der Waals surface area contributed by atoms with Gasteiger partial charge in [-0.2, -0.15) is 0 Å². The van der Waals surface area contributed by atoms with Crippen LogP contribution in [0.5, 0.6) is 0 Å². The fraction of sp³-hybridized carbons (Fsp3) is 0.614. The number of nitrogens with one attached hydrogen (secondary N) is 3. The van der Waals surface area contributed by atoms with Gasteiger partial charge in [0.1, 0.15) is 30.3 Å². The Kier molecular flexibility index (Phi) is 20.0. The van der Waals surface area contributed by atoms with Crippen LogP contribution < -0.4 is 16.0 Å². The third-order valence-electron chi connectivity index (χ3n) is 10.9. The Labute approximate surface area is 349 Å². The van der Waals surface area contributed by atoms with E-state index in [1.807, 2.05) is 26.8 Å². The van der Waals surface area contributed by atoms with Gasteiger partial charge in [0.2, 0.25) is 23.6 Å². The maximum atomic E-state index is 14.1. The molecule has 2 rings (SSSR count). The summed E-state index contributed by atoms with van der Waals surface area (Å²) in [5.41, 5.74) is 1.48. The number of hydrogen-bond acceptors (Lipinski definition) is 10. The number of ether oxygens (including phenoxy) is 2. The van der Waals surface area contributed by atoms with E-state index in [1.54, 1.807) is 58.0 Å². The lowest BCUT2D eigenvalue weighted by Crippen LogP contribution is -2.57. The number of likely N-dealkylation sites (N-methyl/N-ethyl adjacent to an activating group) is 2. The molecule has 15 nitrogen and oxygen atoms in total. The van der Waals surface area contributed by atoms with Crippen molar-refractivity contribution < 1.29 is 48.1 Å². The second kappa shape index (κ2) is 23.5. The number of rotatable bonds is 9. The molecule has 15 heteroatoms. The number of aliphatic hydroxyl groups is 1. The molecule has 0 saturated heterocycles. The number of hydrogen-bond donors (Lipinski definition) is 4. The van der Waals surface area contributed by atoms with Crippen LogP contribution in [0.2, 0.25) is 0 Å². The lowest BCUT2D eigenvalue weighted by molar-refractivity contribution is -0.156. The third kappa shape index (κ3) is 14.9. The molecule has 0 fully saturated rings. The molecule has 1 aliphatic rings. The van der Waals surface area contributed by atoms with E-state index in [0.717, 1.165) is 5.56 Å². The molecule has 0 saturated carbocycles. The fourth-order valence-corrected chi connectivity index (χ4v) is 6.53. The second-order valence-electron chi connectivity index (χ2n) is 16.2. The van der Waals surface area contributed by atoms with Gasteiger partial charge in [0.15, 0.2) is 6.10 Å². The summed E-state index contributed by atoms with van der Waals surface area (Å²) in [6.07, 6.45) is 0.658. The highest BCUT2D eigenvalue weighted by Gasteiger charge is 2.36. The first-order valence-electron chi connectivity index (χ1n) is 20.5. The third-order valence-corrected chi connectivity index (χ3v) is 10.9. The molecule has 4 N–H and O–H groups in total. The molecule has 0 aliphatic carbocycles. The van der Waals surface area contributed by atoms with Gasteiger partial charge in [0.05, 0.1) is 12.6 Å². The number of nitrogens with zero attached hydrogens (tertiary/aromatic N) is 2. The van der Waals surface area contributed by atoms with Crippen molar-refractivity contribution >= 4 is 41.5 Å². The molecule has 1 aromatic rings. The minimum absolute atomic E-state index is 0.0244. The Bertz CT molecular complexity index is 1700. The molecule has 0 aromatic heterocycles. The number of cyclic esters (lactones) is 2. The van der Waals surface area contributed by atoms with Crippen LogP contribution in [0, 0.1) is 17.8 Å². The van der Waals surface area contributed by atoms with E-state index in [1.165, 1.54) is 50.7 Å². The lowest BCUT2D eigenvalue weighted by atomic mass is 9.90. The zero-order valence-electron chi connectivity index (χ0n) is 36.9. The second-order valence-corrected chi connectivity index (χ2v) is 16.2. The SMILES string of the molecule is C/C=C(\C)[C@@H](O)[C@@H](C)[C@@H]1C/C=C(\C)C(=O)O[C@H](CC(C)C)C(=O)N[C@@H](C)C(=O)N(C)[C@H](Cc2ccccc2)C(=O)N(C)CC(=O)N[C@@H]([C@@H](C)CC)C(=O)N[C@H](C)C(=O)O1. The van der Waals surface area contributed by atoms with Gasteiger partial charge in [0, 0.05) is 38.4 Å². The average molecular weight is 826 g/mol. The number of aliphatic hydroxyl groups excluding tert-OH is 1. The van der Waals surface area contributed by atoms with Gasteiger partial charge in [-0.1, -0.05) is 83.5 Å². The van der Waals surface area contributed by atoms with Crippen LogP contribution in [0.25, 0.3) is 0 Å². The summed E-state index contributed by atoms with van der Waals surface area (Å²) in [6, 6.07) is 4.50. The number of amides is 5. The zero-order chi connectivity index (χ0) is 44.7. The van der Waals surface area contributed by atoms with E-state index in [4.69, 9.17) is 9.47 Å². The van der Waals surface area contributed by atoms with Crippen molar-refractivity contribution in [1.82, 2.24) is 25.8 Å². The van der Waals surface area contributed by atoms with Gasteiger partial charge in [-0.15, -0.1) is 0 Å². The quantitative estimate of drug-likeness (QED) is 0.212. The van der Waals surface area contributed by atoms with Crippen molar-refractivity contribution in [3.05, 3.63) is 59.2 Å². The summed E-state index contributed by atoms with van der Waals surface area (Å²) in [7, 11) is 2.86. The molecular weight excluding hydrogens is 759 g/mol. The van der Waals surface area contributed by atoms with Crippen molar-refractivity contribution in [1.29, 1.82) is 0 Å². The predicted octanol–water partition coefficient (Wildman–Crippen LogP) is 3.24. The van der Waals surface area contributed by atoms with E-state index in [-0.39, 0.29) is 36.7 Å². The number of carbonyl (C=O) groups excluding carboxylic acids is 7. The monoisotopic (exact) mass is 825 g/mol. The summed E-state index contributed by atoms with van der Waals surface area (Å²) in [4.78, 5) is 98.3. The first-order valence-corrected chi connectivity index (χ1v) is 20.5. The molecule has 1 heterocycles. The van der Waals surface area contributed by atoms with Crippen molar-refractivity contribution in [2.24, 2.45) is 17.8 Å². The minimum atomic E-state index is -1.28. The Balaban J connectivity index is 2.65. The molecule has 5 amide bonds. The van der Waals surface area contributed by atoms with E-state index in [9.17, 15) is 38.7 Å². The highest BCUT2D eigenvalue weighted by atomic mass is 16.6. The first kappa shape index (κ1) is 50.1. The van der Waals surface area contributed by atoms with E-state index < -0.39 is 96.4 Å². The zero-order valence-corrected chi connectivity index (χ0v) is 36.9. The molecule has 0 unspecified atom stereocenters. The van der Waals surface area contributed by atoms with E-state index in [0.29, 0.717) is 12.0 Å². The number of esters is 2. The maximum absolute atomic E-state index is 14.1. The van der Waals surface area contributed by atoms with Crippen molar-refractivity contribution in [3.63, 3.8) is 0 Å². The Hall–Kier alpha value is -5.05. The summed E-state index contributed by atoms with van der Waals surface area (Å²) in [6.45, 7) is 16.4. The lowest BCUT2D eigenvalue weighted by Gasteiger charge is -2.33. The van der Waals surface area contributed by atoms with Gasteiger partial charge >= 0.3 is 11.9 Å². The first-order chi connectivity index (χ1) is 27.6. The molecule has 0 bridgehead atoms. The van der Waals surface area contributed by atoms with Crippen molar-refractivity contribution in [2.75, 3.05) is 20.6 Å². The van der Waals surface area contributed by atoms with Crippen LogP contribution in [0.4, 0.5) is 0 Å². The predicted molar refractivity (Wildman–Crippen MR) is 223 cm³/mol. The highest BCUT2D eigenvalue weighted by Crippen LogP contribution is 2.23. The van der Waals surface area contributed by atoms with Gasteiger partial charge < -0.3 is 40.3 Å². The molecule has 59 heavy (non-hydrogen) atoms. The van der Waals surface area contributed by atoms with E-state index >= 15 is 0 Å². The van der Waals surface area contributed by atoms with Gasteiger partial charge in [-0.25, -0.2) is 9.59 Å². The fourth-order valence-electron chi connectivity index (χ4n) is 6.53. The average Bonchev–Trinajstić information content (AvgIpc) is 3.20. The van der Waals surface area contributed by atoms with Crippen molar-refractivity contribution in [2.45, 2.75) is 137 Å².